The van der Waals surface area contributed by atoms with Crippen molar-refractivity contribution in [1.82, 2.24) is 4.90 Å². The van der Waals surface area contributed by atoms with Crippen molar-refractivity contribution < 1.29 is 4.79 Å². The van der Waals surface area contributed by atoms with Crippen LogP contribution in [0.1, 0.15) is 15.9 Å². The number of hydrogen-bond acceptors (Lipinski definition) is 3. The van der Waals surface area contributed by atoms with Crippen molar-refractivity contribution in [2.75, 3.05) is 13.6 Å². The number of ketones is 1. The van der Waals surface area contributed by atoms with Gasteiger partial charge in [-0.2, -0.15) is 11.3 Å². The Morgan fingerprint density at radius 2 is 2.22 bits per heavy atom. The molecule has 1 aromatic heterocycles. The molecule has 0 aliphatic heterocycles. The van der Waals surface area contributed by atoms with E-state index in [9.17, 15) is 4.79 Å². The summed E-state index contributed by atoms with van der Waals surface area (Å²) in [6.45, 7) is 1.25. The van der Waals surface area contributed by atoms with Gasteiger partial charge in [-0.3, -0.25) is 9.69 Å². The van der Waals surface area contributed by atoms with Crippen LogP contribution in [0.4, 0.5) is 0 Å². The highest BCUT2D eigenvalue weighted by Gasteiger charge is 2.10. The Hall–Kier alpha value is -0.970. The van der Waals surface area contributed by atoms with E-state index in [1.807, 2.05) is 36.2 Å². The van der Waals surface area contributed by atoms with E-state index in [0.29, 0.717) is 6.54 Å². The van der Waals surface area contributed by atoms with Gasteiger partial charge in [-0.05, 0) is 41.6 Å². The predicted octanol–water partition coefficient (Wildman–Crippen LogP) is 3.83. The van der Waals surface area contributed by atoms with E-state index in [4.69, 9.17) is 0 Å². The number of carbonyl (C=O) groups excluding carboxylic acids is 1. The summed E-state index contributed by atoms with van der Waals surface area (Å²) < 4.78 is 0.939. The highest BCUT2D eigenvalue weighted by atomic mass is 79.9. The molecule has 0 amide bonds. The molecule has 2 aromatic rings. The van der Waals surface area contributed by atoms with Crippen molar-refractivity contribution >= 4 is 33.0 Å². The molecule has 2 nitrogen and oxygen atoms in total. The lowest BCUT2D eigenvalue weighted by Gasteiger charge is -2.14. The summed E-state index contributed by atoms with van der Waals surface area (Å²) in [5.41, 5.74) is 2.01. The van der Waals surface area contributed by atoms with E-state index in [-0.39, 0.29) is 5.78 Å². The molecule has 0 fully saturated rings. The maximum Gasteiger partial charge on any atom is 0.176 e. The summed E-state index contributed by atoms with van der Waals surface area (Å²) >= 11 is 5.06. The average Bonchev–Trinajstić information content (AvgIpc) is 2.81. The summed E-state index contributed by atoms with van der Waals surface area (Å²) in [4.78, 5) is 14.1. The summed E-state index contributed by atoms with van der Waals surface area (Å²) in [6.07, 6.45) is 0. The average molecular weight is 324 g/mol. The molecule has 0 N–H and O–H groups in total. The van der Waals surface area contributed by atoms with E-state index >= 15 is 0 Å². The van der Waals surface area contributed by atoms with E-state index in [1.165, 1.54) is 5.56 Å². The molecule has 0 bridgehead atoms. The lowest BCUT2D eigenvalue weighted by molar-refractivity contribution is 0.0943. The monoisotopic (exact) mass is 323 g/mol. The second-order valence-electron chi connectivity index (χ2n) is 4.24. The smallest absolute Gasteiger partial charge is 0.176 e. The van der Waals surface area contributed by atoms with Crippen LogP contribution >= 0.6 is 27.3 Å². The van der Waals surface area contributed by atoms with Gasteiger partial charge in [-0.1, -0.05) is 28.1 Å². The van der Waals surface area contributed by atoms with E-state index in [2.05, 4.69) is 32.8 Å². The summed E-state index contributed by atoms with van der Waals surface area (Å²) in [6, 6.07) is 9.61. The van der Waals surface area contributed by atoms with Gasteiger partial charge in [0.15, 0.2) is 5.78 Å². The molecular formula is C14H14BrNOS. The zero-order valence-corrected chi connectivity index (χ0v) is 12.5. The van der Waals surface area contributed by atoms with E-state index < -0.39 is 0 Å². The molecule has 2 rings (SSSR count). The molecule has 0 unspecified atom stereocenters. The van der Waals surface area contributed by atoms with Crippen LogP contribution in [0.15, 0.2) is 45.6 Å². The second-order valence-corrected chi connectivity index (χ2v) is 5.93. The number of carbonyl (C=O) groups is 1. The van der Waals surface area contributed by atoms with Gasteiger partial charge in [0.25, 0.3) is 0 Å². The lowest BCUT2D eigenvalue weighted by Crippen LogP contribution is -2.25. The topological polar surface area (TPSA) is 20.3 Å². The molecule has 0 aliphatic rings. The SMILES string of the molecule is CN(CC(=O)c1cccc(Br)c1)Cc1ccsc1. The fourth-order valence-corrected chi connectivity index (χ4v) is 2.81. The number of thiophene rings is 1. The Kier molecular flexibility index (Phi) is 4.69. The molecule has 1 aromatic carbocycles. The van der Waals surface area contributed by atoms with Crippen LogP contribution in [-0.2, 0) is 6.54 Å². The first-order valence-corrected chi connectivity index (χ1v) is 7.37. The minimum absolute atomic E-state index is 0.147. The van der Waals surface area contributed by atoms with Gasteiger partial charge in [0.1, 0.15) is 0 Å². The Bertz CT molecular complexity index is 524. The van der Waals surface area contributed by atoms with Crippen molar-refractivity contribution in [2.24, 2.45) is 0 Å². The summed E-state index contributed by atoms with van der Waals surface area (Å²) in [7, 11) is 1.97. The number of nitrogens with zero attached hydrogens (tertiary/aromatic N) is 1. The van der Waals surface area contributed by atoms with Gasteiger partial charge in [-0.25, -0.2) is 0 Å². The van der Waals surface area contributed by atoms with Crippen LogP contribution < -0.4 is 0 Å². The van der Waals surface area contributed by atoms with Crippen molar-refractivity contribution in [2.45, 2.75) is 6.54 Å². The Morgan fingerprint density at radius 3 is 2.89 bits per heavy atom. The lowest BCUT2D eigenvalue weighted by atomic mass is 10.1. The zero-order valence-electron chi connectivity index (χ0n) is 10.1. The van der Waals surface area contributed by atoms with Crippen LogP contribution in [0.2, 0.25) is 0 Å². The highest BCUT2D eigenvalue weighted by molar-refractivity contribution is 9.10. The van der Waals surface area contributed by atoms with Crippen LogP contribution in [-0.4, -0.2) is 24.3 Å². The van der Waals surface area contributed by atoms with E-state index in [1.54, 1.807) is 11.3 Å². The van der Waals surface area contributed by atoms with Gasteiger partial charge in [0.05, 0.1) is 6.54 Å². The number of halogens is 1. The van der Waals surface area contributed by atoms with Gasteiger partial charge in [-0.15, -0.1) is 0 Å². The fraction of sp³-hybridized carbons (Fsp3) is 0.214. The molecule has 0 aliphatic carbocycles. The molecule has 94 valence electrons. The van der Waals surface area contributed by atoms with E-state index in [0.717, 1.165) is 16.6 Å². The van der Waals surface area contributed by atoms with Crippen LogP contribution in [0.25, 0.3) is 0 Å². The first kappa shape index (κ1) is 13.5. The fourth-order valence-electron chi connectivity index (χ4n) is 1.75. The highest BCUT2D eigenvalue weighted by Crippen LogP contribution is 2.13. The van der Waals surface area contributed by atoms with Crippen molar-refractivity contribution in [3.8, 4) is 0 Å². The number of rotatable bonds is 5. The third-order valence-corrected chi connectivity index (χ3v) is 3.82. The van der Waals surface area contributed by atoms with Gasteiger partial charge in [0.2, 0.25) is 0 Å². The van der Waals surface area contributed by atoms with Crippen LogP contribution in [0, 0.1) is 0 Å². The van der Waals surface area contributed by atoms with Crippen molar-refractivity contribution in [3.63, 3.8) is 0 Å². The van der Waals surface area contributed by atoms with Gasteiger partial charge in [0, 0.05) is 16.6 Å². The zero-order chi connectivity index (χ0) is 13.0. The minimum atomic E-state index is 0.147. The summed E-state index contributed by atoms with van der Waals surface area (Å²) in [5, 5.41) is 4.17. The second kappa shape index (κ2) is 6.27. The maximum absolute atomic E-state index is 12.1. The Labute approximate surface area is 119 Å². The molecule has 18 heavy (non-hydrogen) atoms. The van der Waals surface area contributed by atoms with Crippen LogP contribution in [0.3, 0.4) is 0 Å². The quantitative estimate of drug-likeness (QED) is 0.779. The third-order valence-electron chi connectivity index (χ3n) is 2.59. The standard InChI is InChI=1S/C14H14BrNOS/c1-16(8-11-5-6-18-10-11)9-14(17)12-3-2-4-13(15)7-12/h2-7,10H,8-9H2,1H3. The number of benzene rings is 1. The first-order valence-electron chi connectivity index (χ1n) is 5.63. The Morgan fingerprint density at radius 1 is 1.39 bits per heavy atom. The molecular weight excluding hydrogens is 310 g/mol. The maximum atomic E-state index is 12.1. The predicted molar refractivity (Wildman–Crippen MR) is 79.1 cm³/mol. The normalized spacial score (nSPS) is 10.8. The molecule has 0 radical (unpaired) electrons. The third kappa shape index (κ3) is 3.77. The molecule has 0 saturated carbocycles. The molecule has 0 atom stereocenters. The minimum Gasteiger partial charge on any atom is -0.295 e. The number of likely N-dealkylation sites (N-methyl/N-ethyl adjacent to an activating group) is 1. The van der Waals surface area contributed by atoms with Gasteiger partial charge >= 0.3 is 0 Å². The molecule has 1 heterocycles. The molecule has 0 saturated heterocycles. The molecule has 0 spiro atoms. The van der Waals surface area contributed by atoms with Crippen molar-refractivity contribution in [3.05, 3.63) is 56.7 Å². The first-order chi connectivity index (χ1) is 8.65. The largest absolute Gasteiger partial charge is 0.295 e. The summed E-state index contributed by atoms with van der Waals surface area (Å²) in [5.74, 6) is 0.147. The van der Waals surface area contributed by atoms with Gasteiger partial charge < -0.3 is 0 Å². The van der Waals surface area contributed by atoms with Crippen molar-refractivity contribution in [1.29, 1.82) is 0 Å². The van der Waals surface area contributed by atoms with Crippen LogP contribution in [0.5, 0.6) is 0 Å². The number of Topliss-reactive ketones (excluding diaryl/α,β-unsaturated/α-hetero) is 1. The molecule has 4 heteroatoms. The Balaban J connectivity index is 1.95. The number of hydrogen-bond donors (Lipinski definition) is 0.